The van der Waals surface area contributed by atoms with E-state index < -0.39 is 0 Å². The van der Waals surface area contributed by atoms with E-state index in [1.165, 1.54) is 12.8 Å². The standard InChI is InChI=1S/C13H21N7O/c1-2-14-11-16-12(19-6-3-4-7-19)18-13(17-11)20-8-5-15-10(21)9-20/h2-9H2,1H3,(H,15,21)(H,14,16,17,18). The van der Waals surface area contributed by atoms with Gasteiger partial charge in [-0.05, 0) is 19.8 Å². The quantitative estimate of drug-likeness (QED) is 0.797. The van der Waals surface area contributed by atoms with Crippen LogP contribution in [0.2, 0.25) is 0 Å². The van der Waals surface area contributed by atoms with Crippen LogP contribution in [0.5, 0.6) is 0 Å². The van der Waals surface area contributed by atoms with Gasteiger partial charge in [0.2, 0.25) is 23.8 Å². The summed E-state index contributed by atoms with van der Waals surface area (Å²) in [5.41, 5.74) is 0. The summed E-state index contributed by atoms with van der Waals surface area (Å²) < 4.78 is 0. The number of anilines is 3. The lowest BCUT2D eigenvalue weighted by molar-refractivity contribution is -0.120. The highest BCUT2D eigenvalue weighted by molar-refractivity contribution is 5.82. The molecule has 0 bridgehead atoms. The number of aromatic nitrogens is 3. The molecule has 0 spiro atoms. The van der Waals surface area contributed by atoms with Crippen molar-refractivity contribution in [3.8, 4) is 0 Å². The fourth-order valence-corrected chi connectivity index (χ4v) is 2.60. The van der Waals surface area contributed by atoms with Gasteiger partial charge in [0.15, 0.2) is 0 Å². The first-order chi connectivity index (χ1) is 10.3. The molecule has 2 aliphatic rings. The summed E-state index contributed by atoms with van der Waals surface area (Å²) in [5, 5.41) is 5.96. The van der Waals surface area contributed by atoms with Gasteiger partial charge in [0, 0.05) is 32.7 Å². The van der Waals surface area contributed by atoms with E-state index in [4.69, 9.17) is 0 Å². The Kier molecular flexibility index (Phi) is 4.03. The second-order valence-electron chi connectivity index (χ2n) is 5.26. The number of nitrogens with one attached hydrogen (secondary N) is 2. The molecule has 2 N–H and O–H groups in total. The van der Waals surface area contributed by atoms with Crippen molar-refractivity contribution in [1.29, 1.82) is 0 Å². The van der Waals surface area contributed by atoms with Gasteiger partial charge in [-0.25, -0.2) is 0 Å². The molecule has 3 heterocycles. The lowest BCUT2D eigenvalue weighted by atomic mass is 10.4. The van der Waals surface area contributed by atoms with E-state index in [1.807, 2.05) is 11.8 Å². The van der Waals surface area contributed by atoms with E-state index in [2.05, 4.69) is 30.5 Å². The fourth-order valence-electron chi connectivity index (χ4n) is 2.60. The fraction of sp³-hybridized carbons (Fsp3) is 0.692. The zero-order chi connectivity index (χ0) is 14.7. The van der Waals surface area contributed by atoms with Crippen LogP contribution in [0.3, 0.4) is 0 Å². The molecule has 0 unspecified atom stereocenters. The molecule has 1 aromatic heterocycles. The Labute approximate surface area is 124 Å². The summed E-state index contributed by atoms with van der Waals surface area (Å²) >= 11 is 0. The molecule has 0 atom stereocenters. The number of nitrogens with zero attached hydrogens (tertiary/aromatic N) is 5. The Morgan fingerprint density at radius 1 is 1.10 bits per heavy atom. The number of piperazine rings is 1. The highest BCUT2D eigenvalue weighted by atomic mass is 16.2. The van der Waals surface area contributed by atoms with Gasteiger partial charge in [0.05, 0.1) is 6.54 Å². The molecule has 1 amide bonds. The Balaban J connectivity index is 1.88. The molecule has 0 saturated carbocycles. The molecule has 1 aromatic rings. The van der Waals surface area contributed by atoms with Crippen molar-refractivity contribution in [3.63, 3.8) is 0 Å². The minimum Gasteiger partial charge on any atom is -0.354 e. The van der Waals surface area contributed by atoms with Gasteiger partial charge in [-0.2, -0.15) is 15.0 Å². The third kappa shape index (κ3) is 3.14. The molecular weight excluding hydrogens is 270 g/mol. The minimum absolute atomic E-state index is 0.00869. The maximum Gasteiger partial charge on any atom is 0.239 e. The molecule has 0 aromatic carbocycles. The van der Waals surface area contributed by atoms with Gasteiger partial charge in [0.1, 0.15) is 0 Å². The molecule has 114 valence electrons. The van der Waals surface area contributed by atoms with Crippen molar-refractivity contribution < 1.29 is 4.79 Å². The van der Waals surface area contributed by atoms with Crippen LogP contribution in [0.1, 0.15) is 19.8 Å². The van der Waals surface area contributed by atoms with E-state index in [1.54, 1.807) is 0 Å². The summed E-state index contributed by atoms with van der Waals surface area (Å²) in [6.07, 6.45) is 2.34. The van der Waals surface area contributed by atoms with Crippen LogP contribution in [0, 0.1) is 0 Å². The third-order valence-corrected chi connectivity index (χ3v) is 3.66. The Hall–Kier alpha value is -2.12. The van der Waals surface area contributed by atoms with Crippen LogP contribution < -0.4 is 20.4 Å². The summed E-state index contributed by atoms with van der Waals surface area (Å²) in [6.45, 7) is 6.37. The second-order valence-corrected chi connectivity index (χ2v) is 5.26. The number of hydrogen-bond acceptors (Lipinski definition) is 7. The van der Waals surface area contributed by atoms with Crippen molar-refractivity contribution in [2.45, 2.75) is 19.8 Å². The lowest BCUT2D eigenvalue weighted by Crippen LogP contribution is -2.48. The zero-order valence-electron chi connectivity index (χ0n) is 12.3. The van der Waals surface area contributed by atoms with E-state index in [-0.39, 0.29) is 5.91 Å². The maximum absolute atomic E-state index is 11.5. The maximum atomic E-state index is 11.5. The van der Waals surface area contributed by atoms with Gasteiger partial charge < -0.3 is 20.4 Å². The minimum atomic E-state index is 0.00869. The molecule has 8 nitrogen and oxygen atoms in total. The van der Waals surface area contributed by atoms with E-state index in [9.17, 15) is 4.79 Å². The number of carbonyl (C=O) groups excluding carboxylic acids is 1. The average molecular weight is 291 g/mol. The summed E-state index contributed by atoms with van der Waals surface area (Å²) in [6, 6.07) is 0. The van der Waals surface area contributed by atoms with Crippen LogP contribution in [0.4, 0.5) is 17.8 Å². The zero-order valence-corrected chi connectivity index (χ0v) is 12.3. The second kappa shape index (κ2) is 6.11. The molecule has 0 aliphatic carbocycles. The normalized spacial score (nSPS) is 18.8. The van der Waals surface area contributed by atoms with Crippen molar-refractivity contribution in [3.05, 3.63) is 0 Å². The van der Waals surface area contributed by atoms with Gasteiger partial charge in [0.25, 0.3) is 0 Å². The molecule has 3 rings (SSSR count). The molecule has 2 saturated heterocycles. The average Bonchev–Trinajstić information content (AvgIpc) is 3.01. The third-order valence-electron chi connectivity index (χ3n) is 3.66. The van der Waals surface area contributed by atoms with Crippen LogP contribution >= 0.6 is 0 Å². The van der Waals surface area contributed by atoms with E-state index in [0.29, 0.717) is 30.9 Å². The number of amides is 1. The predicted molar refractivity (Wildman–Crippen MR) is 80.7 cm³/mol. The van der Waals surface area contributed by atoms with Crippen molar-refractivity contribution in [2.24, 2.45) is 0 Å². The summed E-state index contributed by atoms with van der Waals surface area (Å²) in [4.78, 5) is 29.1. The first kappa shape index (κ1) is 13.8. The summed E-state index contributed by atoms with van der Waals surface area (Å²) in [5.74, 6) is 1.88. The van der Waals surface area contributed by atoms with Crippen molar-refractivity contribution in [1.82, 2.24) is 20.3 Å². The Morgan fingerprint density at radius 2 is 1.81 bits per heavy atom. The summed E-state index contributed by atoms with van der Waals surface area (Å²) in [7, 11) is 0. The van der Waals surface area contributed by atoms with Crippen LogP contribution in [0.15, 0.2) is 0 Å². The molecular formula is C13H21N7O. The largest absolute Gasteiger partial charge is 0.354 e. The molecule has 2 fully saturated rings. The topological polar surface area (TPSA) is 86.3 Å². The molecule has 21 heavy (non-hydrogen) atoms. The number of hydrogen-bond donors (Lipinski definition) is 2. The van der Waals surface area contributed by atoms with Crippen molar-refractivity contribution in [2.75, 3.05) is 54.4 Å². The van der Waals surface area contributed by atoms with Gasteiger partial charge in [-0.1, -0.05) is 0 Å². The lowest BCUT2D eigenvalue weighted by Gasteiger charge is -2.27. The molecule has 0 radical (unpaired) electrons. The van der Waals surface area contributed by atoms with E-state index in [0.717, 1.165) is 26.2 Å². The Bertz CT molecular complexity index is 515. The predicted octanol–water partition coefficient (Wildman–Crippen LogP) is -0.160. The van der Waals surface area contributed by atoms with Crippen LogP contribution in [0.25, 0.3) is 0 Å². The van der Waals surface area contributed by atoms with E-state index >= 15 is 0 Å². The van der Waals surface area contributed by atoms with Gasteiger partial charge in [-0.15, -0.1) is 0 Å². The number of rotatable bonds is 4. The first-order valence-corrected chi connectivity index (χ1v) is 7.53. The molecule has 2 aliphatic heterocycles. The Morgan fingerprint density at radius 3 is 2.48 bits per heavy atom. The van der Waals surface area contributed by atoms with Crippen LogP contribution in [-0.2, 0) is 4.79 Å². The van der Waals surface area contributed by atoms with Gasteiger partial charge in [-0.3, -0.25) is 4.79 Å². The smallest absolute Gasteiger partial charge is 0.239 e. The first-order valence-electron chi connectivity index (χ1n) is 7.53. The highest BCUT2D eigenvalue weighted by Gasteiger charge is 2.22. The SMILES string of the molecule is CCNc1nc(N2CCCC2)nc(N2CCNC(=O)C2)n1. The number of carbonyl (C=O) groups is 1. The van der Waals surface area contributed by atoms with Crippen molar-refractivity contribution >= 4 is 23.8 Å². The highest BCUT2D eigenvalue weighted by Crippen LogP contribution is 2.20. The molecule has 8 heteroatoms. The van der Waals surface area contributed by atoms with Crippen LogP contribution in [-0.4, -0.2) is 60.1 Å². The van der Waals surface area contributed by atoms with Gasteiger partial charge >= 0.3 is 0 Å². The monoisotopic (exact) mass is 291 g/mol.